The highest BCUT2D eigenvalue weighted by atomic mass is 16.6. The van der Waals surface area contributed by atoms with E-state index in [0.29, 0.717) is 12.8 Å². The lowest BCUT2D eigenvalue weighted by atomic mass is 10.1. The smallest absolute Gasteiger partial charge is 0.308 e. The molecule has 0 saturated heterocycles. The number of carbonyl (C=O) groups is 1. The van der Waals surface area contributed by atoms with Gasteiger partial charge in [0, 0.05) is 12.8 Å². The molecule has 1 fully saturated rings. The molecule has 4 heteroatoms. The summed E-state index contributed by atoms with van der Waals surface area (Å²) in [6.45, 7) is 0. The van der Waals surface area contributed by atoms with Crippen LogP contribution in [0, 0.1) is 0 Å². The zero-order valence-corrected chi connectivity index (χ0v) is 11.2. The van der Waals surface area contributed by atoms with E-state index in [-0.39, 0.29) is 12.4 Å². The molecule has 0 radical (unpaired) electrons. The van der Waals surface area contributed by atoms with Crippen LogP contribution in [0.3, 0.4) is 0 Å². The summed E-state index contributed by atoms with van der Waals surface area (Å²) in [6.07, 6.45) is 2.81. The van der Waals surface area contributed by atoms with Crippen LogP contribution < -0.4 is 0 Å². The summed E-state index contributed by atoms with van der Waals surface area (Å²) in [7, 11) is 1.36. The highest BCUT2D eigenvalue weighted by Crippen LogP contribution is 2.36. The van der Waals surface area contributed by atoms with Gasteiger partial charge in [0.05, 0.1) is 19.6 Å². The molecule has 2 rings (SSSR count). The summed E-state index contributed by atoms with van der Waals surface area (Å²) in [6, 6.07) is 9.48. The molecule has 19 heavy (non-hydrogen) atoms. The van der Waals surface area contributed by atoms with Crippen LogP contribution in [0.25, 0.3) is 0 Å². The molecule has 0 spiro atoms. The second-order valence-corrected chi connectivity index (χ2v) is 4.95. The summed E-state index contributed by atoms with van der Waals surface area (Å²) in [5, 5.41) is 10.3. The van der Waals surface area contributed by atoms with Crippen molar-refractivity contribution in [1.29, 1.82) is 0 Å². The maximum Gasteiger partial charge on any atom is 0.308 e. The van der Waals surface area contributed by atoms with Gasteiger partial charge in [-0.05, 0) is 18.4 Å². The van der Waals surface area contributed by atoms with E-state index in [1.807, 2.05) is 30.3 Å². The third-order valence-electron chi connectivity index (χ3n) is 3.50. The molecule has 1 aliphatic carbocycles. The quantitative estimate of drug-likeness (QED) is 0.656. The van der Waals surface area contributed by atoms with Gasteiger partial charge in [0.15, 0.2) is 5.79 Å². The predicted octanol–water partition coefficient (Wildman–Crippen LogP) is 2.57. The molecule has 1 atom stereocenters. The van der Waals surface area contributed by atoms with Gasteiger partial charge >= 0.3 is 5.97 Å². The van der Waals surface area contributed by atoms with Crippen LogP contribution in [0.1, 0.15) is 43.8 Å². The summed E-state index contributed by atoms with van der Waals surface area (Å²) < 4.78 is 10.5. The number of benzene rings is 1. The number of hydrogen-bond donors (Lipinski definition) is 1. The Morgan fingerprint density at radius 1 is 1.32 bits per heavy atom. The van der Waals surface area contributed by atoms with Crippen LogP contribution in [-0.4, -0.2) is 24.0 Å². The summed E-state index contributed by atoms with van der Waals surface area (Å²) in [4.78, 5) is 11.5. The molecule has 0 heterocycles. The van der Waals surface area contributed by atoms with Crippen LogP contribution in [0.2, 0.25) is 0 Å². The molecular weight excluding hydrogens is 244 g/mol. The Morgan fingerprint density at radius 3 is 2.53 bits per heavy atom. The molecule has 1 N–H and O–H groups in total. The molecule has 0 amide bonds. The van der Waals surface area contributed by atoms with Crippen molar-refractivity contribution in [2.45, 2.75) is 44.0 Å². The lowest BCUT2D eigenvalue weighted by Crippen LogP contribution is -2.31. The van der Waals surface area contributed by atoms with Gasteiger partial charge in [0.25, 0.3) is 0 Å². The second kappa shape index (κ2) is 6.17. The molecular formula is C15H20O4. The number of ether oxygens (including phenoxy) is 2. The molecule has 104 valence electrons. The minimum atomic E-state index is -1.10. The van der Waals surface area contributed by atoms with Crippen molar-refractivity contribution in [3.8, 4) is 0 Å². The number of carbonyl (C=O) groups excluding carboxylic acids is 1. The Hall–Kier alpha value is -1.39. The molecule has 1 saturated carbocycles. The standard InChI is InChI=1S/C15H20O4/c1-18-14(16)11-13(12-7-3-2-4-8-12)19-15(17)9-5-6-10-15/h2-4,7-8,13,17H,5-6,9-11H2,1H3/t13-/m1/s1. The van der Waals surface area contributed by atoms with Gasteiger partial charge in [-0.2, -0.15) is 0 Å². The molecule has 1 aromatic rings. The summed E-state index contributed by atoms with van der Waals surface area (Å²) >= 11 is 0. The van der Waals surface area contributed by atoms with Crippen LogP contribution in [0.4, 0.5) is 0 Å². The number of rotatable bonds is 5. The third kappa shape index (κ3) is 3.78. The largest absolute Gasteiger partial charge is 0.469 e. The van der Waals surface area contributed by atoms with E-state index in [4.69, 9.17) is 9.47 Å². The monoisotopic (exact) mass is 264 g/mol. The molecule has 0 aliphatic heterocycles. The van der Waals surface area contributed by atoms with Gasteiger partial charge in [-0.25, -0.2) is 0 Å². The average molecular weight is 264 g/mol. The Morgan fingerprint density at radius 2 is 1.95 bits per heavy atom. The number of esters is 1. The zero-order chi connectivity index (χ0) is 13.7. The SMILES string of the molecule is COC(=O)C[C@@H](OC1(O)CCCC1)c1ccccc1. The van der Waals surface area contributed by atoms with E-state index in [1.54, 1.807) is 0 Å². The number of aliphatic hydroxyl groups is 1. The van der Waals surface area contributed by atoms with Crippen molar-refractivity contribution >= 4 is 5.97 Å². The Bertz CT molecular complexity index is 409. The Labute approximate surface area is 113 Å². The van der Waals surface area contributed by atoms with Gasteiger partial charge in [-0.15, -0.1) is 0 Å². The highest BCUT2D eigenvalue weighted by molar-refractivity contribution is 5.70. The molecule has 4 nitrogen and oxygen atoms in total. The maximum atomic E-state index is 11.5. The fraction of sp³-hybridized carbons (Fsp3) is 0.533. The minimum absolute atomic E-state index is 0.114. The maximum absolute atomic E-state index is 11.5. The second-order valence-electron chi connectivity index (χ2n) is 4.95. The normalized spacial score (nSPS) is 19.1. The Balaban J connectivity index is 2.12. The van der Waals surface area contributed by atoms with Gasteiger partial charge in [0.2, 0.25) is 0 Å². The summed E-state index contributed by atoms with van der Waals surface area (Å²) in [5.74, 6) is -1.44. The van der Waals surface area contributed by atoms with Crippen molar-refractivity contribution in [2.24, 2.45) is 0 Å². The lowest BCUT2D eigenvalue weighted by molar-refractivity contribution is -0.229. The zero-order valence-electron chi connectivity index (χ0n) is 11.2. The van der Waals surface area contributed by atoms with E-state index >= 15 is 0 Å². The van der Waals surface area contributed by atoms with E-state index in [2.05, 4.69) is 0 Å². The fourth-order valence-corrected chi connectivity index (χ4v) is 2.44. The first-order valence-electron chi connectivity index (χ1n) is 6.65. The highest BCUT2D eigenvalue weighted by Gasteiger charge is 2.35. The molecule has 0 aromatic heterocycles. The topological polar surface area (TPSA) is 55.8 Å². The van der Waals surface area contributed by atoms with Gasteiger partial charge in [-0.1, -0.05) is 30.3 Å². The van der Waals surface area contributed by atoms with Crippen LogP contribution in [-0.2, 0) is 14.3 Å². The van der Waals surface area contributed by atoms with E-state index in [1.165, 1.54) is 7.11 Å². The van der Waals surface area contributed by atoms with Crippen molar-refractivity contribution < 1.29 is 19.4 Å². The summed E-state index contributed by atoms with van der Waals surface area (Å²) in [5.41, 5.74) is 0.883. The van der Waals surface area contributed by atoms with Crippen molar-refractivity contribution in [1.82, 2.24) is 0 Å². The van der Waals surface area contributed by atoms with Crippen LogP contribution >= 0.6 is 0 Å². The number of hydrogen-bond acceptors (Lipinski definition) is 4. The van der Waals surface area contributed by atoms with Crippen LogP contribution in [0.5, 0.6) is 0 Å². The molecule has 0 bridgehead atoms. The first-order valence-corrected chi connectivity index (χ1v) is 6.65. The molecule has 1 aliphatic rings. The van der Waals surface area contributed by atoms with E-state index in [9.17, 15) is 9.90 Å². The van der Waals surface area contributed by atoms with Crippen molar-refractivity contribution in [3.05, 3.63) is 35.9 Å². The average Bonchev–Trinajstić information content (AvgIpc) is 2.85. The lowest BCUT2D eigenvalue weighted by Gasteiger charge is -2.29. The van der Waals surface area contributed by atoms with E-state index in [0.717, 1.165) is 18.4 Å². The number of methoxy groups -OCH3 is 1. The first kappa shape index (κ1) is 14.0. The van der Waals surface area contributed by atoms with Gasteiger partial charge < -0.3 is 14.6 Å². The van der Waals surface area contributed by atoms with Gasteiger partial charge in [0.1, 0.15) is 0 Å². The molecule has 0 unspecified atom stereocenters. The predicted molar refractivity (Wildman–Crippen MR) is 70.3 cm³/mol. The van der Waals surface area contributed by atoms with Crippen LogP contribution in [0.15, 0.2) is 30.3 Å². The Kier molecular flexibility index (Phi) is 4.56. The van der Waals surface area contributed by atoms with E-state index < -0.39 is 11.9 Å². The van der Waals surface area contributed by atoms with Gasteiger partial charge in [-0.3, -0.25) is 4.79 Å². The van der Waals surface area contributed by atoms with Crippen molar-refractivity contribution in [2.75, 3.05) is 7.11 Å². The first-order chi connectivity index (χ1) is 9.13. The third-order valence-corrected chi connectivity index (χ3v) is 3.50. The minimum Gasteiger partial charge on any atom is -0.469 e. The molecule has 1 aromatic carbocycles. The fourth-order valence-electron chi connectivity index (χ4n) is 2.44. The van der Waals surface area contributed by atoms with Crippen molar-refractivity contribution in [3.63, 3.8) is 0 Å².